The summed E-state index contributed by atoms with van der Waals surface area (Å²) in [4.78, 5) is 28.0. The molecule has 214 valence electrons. The molecule has 0 radical (unpaired) electrons. The summed E-state index contributed by atoms with van der Waals surface area (Å²) in [6.07, 6.45) is 0. The smallest absolute Gasteiger partial charge is 0.327 e. The van der Waals surface area contributed by atoms with Crippen molar-refractivity contribution in [3.63, 3.8) is 0 Å². The van der Waals surface area contributed by atoms with E-state index >= 15 is 0 Å². The number of nitrogens with zero attached hydrogens (tertiary/aromatic N) is 2. The number of carbonyl (C=O) groups is 2. The summed E-state index contributed by atoms with van der Waals surface area (Å²) in [7, 11) is -2.74. The van der Waals surface area contributed by atoms with Crippen molar-refractivity contribution >= 4 is 61.6 Å². The first kappa shape index (κ1) is 30.4. The van der Waals surface area contributed by atoms with Gasteiger partial charge in [-0.3, -0.25) is 13.9 Å². The van der Waals surface area contributed by atoms with Gasteiger partial charge in [-0.15, -0.1) is 0 Å². The predicted octanol–water partition coefficient (Wildman–Crippen LogP) is 6.96. The average molecular weight is 614 g/mol. The summed E-state index contributed by atoms with van der Waals surface area (Å²) >= 11 is 12.3. The summed E-state index contributed by atoms with van der Waals surface area (Å²) in [5.74, 6) is -1.09. The number of ether oxygens (including phenoxy) is 1. The molecule has 0 aromatic heterocycles. The summed E-state index contributed by atoms with van der Waals surface area (Å²) < 4.78 is 34.7. The monoisotopic (exact) mass is 612 g/mol. The van der Waals surface area contributed by atoms with Gasteiger partial charge in [-0.25, -0.2) is 8.42 Å². The second-order valence-electron chi connectivity index (χ2n) is 10.6. The van der Waals surface area contributed by atoms with Crippen LogP contribution in [0.2, 0.25) is 10.0 Å². The Hall–Kier alpha value is -3.59. The Morgan fingerprint density at radius 2 is 1.46 bits per heavy atom. The SMILES string of the molecule is CN(Cc1ccccc1)C(=O)c1cc(N(CC(=O)OC(C)(C)C)S(=O)(=O)c2cc(Cl)cc(Cl)c2)c2ccccc2c1. The Bertz CT molecular complexity index is 1680. The molecule has 10 heteroatoms. The first-order valence-electron chi connectivity index (χ1n) is 12.8. The van der Waals surface area contributed by atoms with E-state index in [1.54, 1.807) is 63.1 Å². The van der Waals surface area contributed by atoms with Gasteiger partial charge in [0.25, 0.3) is 15.9 Å². The molecule has 0 heterocycles. The Morgan fingerprint density at radius 1 is 0.854 bits per heavy atom. The van der Waals surface area contributed by atoms with E-state index in [-0.39, 0.29) is 32.1 Å². The van der Waals surface area contributed by atoms with Crippen molar-refractivity contribution in [2.45, 2.75) is 37.8 Å². The van der Waals surface area contributed by atoms with Crippen LogP contribution in [0.15, 0.2) is 89.8 Å². The standard InChI is InChI=1S/C31H30Cl2N2O5S/c1-31(2,3)40-29(36)20-35(41(38,39)26-17-24(32)16-25(33)18-26)28-15-23(14-22-12-8-9-13-27(22)28)30(37)34(4)19-21-10-6-5-7-11-21/h5-18H,19-20H2,1-4H3. The van der Waals surface area contributed by atoms with Crippen LogP contribution in [0.5, 0.6) is 0 Å². The second kappa shape index (κ2) is 12.1. The molecule has 0 atom stereocenters. The Kier molecular flexibility index (Phi) is 8.97. The largest absolute Gasteiger partial charge is 0.459 e. The van der Waals surface area contributed by atoms with Crippen molar-refractivity contribution in [1.29, 1.82) is 0 Å². The number of hydrogen-bond donors (Lipinski definition) is 0. The van der Waals surface area contributed by atoms with Gasteiger partial charge in [0, 0.05) is 34.6 Å². The number of rotatable bonds is 8. The van der Waals surface area contributed by atoms with Crippen LogP contribution in [0.3, 0.4) is 0 Å². The minimum atomic E-state index is -4.41. The van der Waals surface area contributed by atoms with Crippen LogP contribution in [0, 0.1) is 0 Å². The van der Waals surface area contributed by atoms with Crippen LogP contribution in [-0.4, -0.2) is 44.4 Å². The van der Waals surface area contributed by atoms with Crippen LogP contribution in [0.25, 0.3) is 10.8 Å². The number of sulfonamides is 1. The Morgan fingerprint density at radius 3 is 2.10 bits per heavy atom. The maximum Gasteiger partial charge on any atom is 0.327 e. The van der Waals surface area contributed by atoms with E-state index in [2.05, 4.69) is 0 Å². The van der Waals surface area contributed by atoms with Crippen LogP contribution < -0.4 is 4.31 Å². The number of hydrogen-bond acceptors (Lipinski definition) is 5. The molecular formula is C31H30Cl2N2O5S. The van der Waals surface area contributed by atoms with Crippen molar-refractivity contribution in [2.75, 3.05) is 17.9 Å². The number of carbonyl (C=O) groups excluding carboxylic acids is 2. The van der Waals surface area contributed by atoms with E-state index in [1.807, 2.05) is 30.3 Å². The van der Waals surface area contributed by atoms with Crippen molar-refractivity contribution in [2.24, 2.45) is 0 Å². The van der Waals surface area contributed by atoms with Crippen LogP contribution in [0.4, 0.5) is 5.69 Å². The molecule has 0 aliphatic heterocycles. The number of halogens is 2. The number of esters is 1. The van der Waals surface area contributed by atoms with Gasteiger partial charge >= 0.3 is 5.97 Å². The van der Waals surface area contributed by atoms with Gasteiger partial charge in [0.15, 0.2) is 0 Å². The molecule has 4 aromatic rings. The van der Waals surface area contributed by atoms with E-state index in [4.69, 9.17) is 27.9 Å². The molecule has 4 rings (SSSR count). The third kappa shape index (κ3) is 7.38. The topological polar surface area (TPSA) is 84.0 Å². The minimum Gasteiger partial charge on any atom is -0.459 e. The van der Waals surface area contributed by atoms with Crippen molar-refractivity contribution in [3.8, 4) is 0 Å². The quantitative estimate of drug-likeness (QED) is 0.201. The Labute approximate surface area is 250 Å². The highest BCUT2D eigenvalue weighted by atomic mass is 35.5. The predicted molar refractivity (Wildman–Crippen MR) is 163 cm³/mol. The third-order valence-corrected chi connectivity index (χ3v) is 8.26. The van der Waals surface area contributed by atoms with Gasteiger partial charge in [0.2, 0.25) is 0 Å². The summed E-state index contributed by atoms with van der Waals surface area (Å²) in [5.41, 5.74) is 0.481. The zero-order chi connectivity index (χ0) is 29.9. The fraction of sp³-hybridized carbons (Fsp3) is 0.226. The molecule has 0 fully saturated rings. The molecule has 0 unspecified atom stereocenters. The maximum atomic E-state index is 14.1. The summed E-state index contributed by atoms with van der Waals surface area (Å²) in [6.45, 7) is 4.78. The first-order valence-corrected chi connectivity index (χ1v) is 15.0. The van der Waals surface area contributed by atoms with E-state index in [0.29, 0.717) is 17.3 Å². The number of benzene rings is 4. The van der Waals surface area contributed by atoms with Crippen molar-refractivity contribution < 1.29 is 22.7 Å². The van der Waals surface area contributed by atoms with Crippen molar-refractivity contribution in [1.82, 2.24) is 4.90 Å². The fourth-order valence-electron chi connectivity index (χ4n) is 4.37. The summed E-state index contributed by atoms with van der Waals surface area (Å²) in [6, 6.07) is 23.7. The molecule has 0 saturated carbocycles. The highest BCUT2D eigenvalue weighted by Gasteiger charge is 2.32. The molecule has 7 nitrogen and oxygen atoms in total. The zero-order valence-corrected chi connectivity index (χ0v) is 25.4. The lowest BCUT2D eigenvalue weighted by molar-refractivity contribution is -0.152. The fourth-order valence-corrected chi connectivity index (χ4v) is 6.51. The molecule has 0 aliphatic carbocycles. The maximum absolute atomic E-state index is 14.1. The minimum absolute atomic E-state index is 0.115. The highest BCUT2D eigenvalue weighted by molar-refractivity contribution is 7.93. The van der Waals surface area contributed by atoms with Crippen LogP contribution in [0.1, 0.15) is 36.7 Å². The van der Waals surface area contributed by atoms with Gasteiger partial charge in [-0.2, -0.15) is 0 Å². The van der Waals surface area contributed by atoms with Crippen LogP contribution >= 0.6 is 23.2 Å². The lowest BCUT2D eigenvalue weighted by Gasteiger charge is -2.28. The molecule has 4 aromatic carbocycles. The lowest BCUT2D eigenvalue weighted by Crippen LogP contribution is -2.39. The Balaban J connectivity index is 1.87. The molecule has 0 bridgehead atoms. The van der Waals surface area contributed by atoms with Gasteiger partial charge < -0.3 is 9.64 Å². The van der Waals surface area contributed by atoms with Gasteiger partial charge in [0.1, 0.15) is 12.1 Å². The van der Waals surface area contributed by atoms with Crippen LogP contribution in [-0.2, 0) is 26.1 Å². The summed E-state index contributed by atoms with van der Waals surface area (Å²) in [5, 5.41) is 1.37. The van der Waals surface area contributed by atoms with Gasteiger partial charge in [0.05, 0.1) is 10.6 Å². The highest BCUT2D eigenvalue weighted by Crippen LogP contribution is 2.35. The normalized spacial score (nSPS) is 11.8. The molecule has 0 aliphatic rings. The van der Waals surface area contributed by atoms with Gasteiger partial charge in [-0.1, -0.05) is 77.8 Å². The molecule has 0 spiro atoms. The number of anilines is 1. The van der Waals surface area contributed by atoms with E-state index in [1.165, 1.54) is 24.3 Å². The lowest BCUT2D eigenvalue weighted by atomic mass is 10.0. The van der Waals surface area contributed by atoms with E-state index in [0.717, 1.165) is 9.87 Å². The molecule has 41 heavy (non-hydrogen) atoms. The molecule has 0 N–H and O–H groups in total. The molecular weight excluding hydrogens is 583 g/mol. The second-order valence-corrected chi connectivity index (χ2v) is 13.3. The van der Waals surface area contributed by atoms with Gasteiger partial charge in [-0.05, 0) is 62.1 Å². The number of fused-ring (bicyclic) bond motifs is 1. The van der Waals surface area contributed by atoms with E-state index < -0.39 is 28.1 Å². The average Bonchev–Trinajstić information content (AvgIpc) is 2.89. The number of amides is 1. The van der Waals surface area contributed by atoms with Crippen molar-refractivity contribution in [3.05, 3.63) is 106 Å². The molecule has 0 saturated heterocycles. The first-order chi connectivity index (χ1) is 19.2. The zero-order valence-electron chi connectivity index (χ0n) is 23.1. The third-order valence-electron chi connectivity index (χ3n) is 6.08. The molecule has 1 amide bonds. The van der Waals surface area contributed by atoms with E-state index in [9.17, 15) is 18.0 Å².